The summed E-state index contributed by atoms with van der Waals surface area (Å²) in [7, 11) is 2.97. The maximum Gasteiger partial charge on any atom is 0.340 e. The molecule has 0 N–H and O–H groups in total. The second kappa shape index (κ2) is 8.71. The Hall–Kier alpha value is -3.13. The van der Waals surface area contributed by atoms with Gasteiger partial charge in [-0.05, 0) is 28.5 Å². The minimum absolute atomic E-state index is 0.112. The average molecular weight is 400 g/mol. The number of methoxy groups -OCH3 is 1. The molecule has 1 aromatic carbocycles. The van der Waals surface area contributed by atoms with E-state index in [0.29, 0.717) is 23.0 Å². The summed E-state index contributed by atoms with van der Waals surface area (Å²) in [6.07, 6.45) is 1.56. The Bertz CT molecular complexity index is 993. The summed E-state index contributed by atoms with van der Waals surface area (Å²) in [5.41, 5.74) is 2.11. The zero-order valence-corrected chi connectivity index (χ0v) is 16.4. The number of hydrogen-bond donors (Lipinski definition) is 0. The molecule has 2 heterocycles. The number of rotatable bonds is 7. The SMILES string of the molecule is COC(=O)c1cn(CC(=O)OCC(=O)N(C)Cc2ccsc2)c2ccccc12. The summed E-state index contributed by atoms with van der Waals surface area (Å²) >= 11 is 1.56. The number of amides is 1. The summed E-state index contributed by atoms with van der Waals surface area (Å²) in [6.45, 7) is 0.0200. The Kier molecular flexibility index (Phi) is 6.10. The molecule has 0 spiro atoms. The molecule has 8 heteroatoms. The first-order valence-corrected chi connectivity index (χ1v) is 9.50. The van der Waals surface area contributed by atoms with Gasteiger partial charge in [0.05, 0.1) is 12.7 Å². The third kappa shape index (κ3) is 4.40. The summed E-state index contributed by atoms with van der Waals surface area (Å²) in [5, 5.41) is 4.59. The van der Waals surface area contributed by atoms with E-state index in [1.54, 1.807) is 47.3 Å². The van der Waals surface area contributed by atoms with Gasteiger partial charge in [0.1, 0.15) is 6.54 Å². The highest BCUT2D eigenvalue weighted by Gasteiger charge is 2.18. The number of carbonyl (C=O) groups is 3. The summed E-state index contributed by atoms with van der Waals surface area (Å²) in [5.74, 6) is -1.32. The lowest BCUT2D eigenvalue weighted by Gasteiger charge is -2.16. The normalized spacial score (nSPS) is 10.6. The Morgan fingerprint density at radius 1 is 1.18 bits per heavy atom. The van der Waals surface area contributed by atoms with Crippen molar-refractivity contribution in [2.75, 3.05) is 20.8 Å². The lowest BCUT2D eigenvalue weighted by molar-refractivity contribution is -0.152. The number of hydrogen-bond acceptors (Lipinski definition) is 6. The predicted molar refractivity (Wildman–Crippen MR) is 105 cm³/mol. The number of carbonyl (C=O) groups excluding carboxylic acids is 3. The first-order valence-electron chi connectivity index (χ1n) is 8.56. The number of nitrogens with zero attached hydrogens (tertiary/aromatic N) is 2. The van der Waals surface area contributed by atoms with Crippen LogP contribution in [0.15, 0.2) is 47.3 Å². The Balaban J connectivity index is 1.62. The molecule has 0 fully saturated rings. The lowest BCUT2D eigenvalue weighted by Crippen LogP contribution is -2.31. The Morgan fingerprint density at radius 2 is 1.96 bits per heavy atom. The first kappa shape index (κ1) is 19.6. The maximum atomic E-state index is 12.2. The Morgan fingerprint density at radius 3 is 2.68 bits per heavy atom. The summed E-state index contributed by atoms with van der Waals surface area (Å²) in [6, 6.07) is 9.14. The van der Waals surface area contributed by atoms with E-state index in [1.165, 1.54) is 12.0 Å². The maximum absolute atomic E-state index is 12.2. The minimum Gasteiger partial charge on any atom is -0.465 e. The molecule has 0 bridgehead atoms. The van der Waals surface area contributed by atoms with Gasteiger partial charge in [0, 0.05) is 30.7 Å². The highest BCUT2D eigenvalue weighted by atomic mass is 32.1. The van der Waals surface area contributed by atoms with Crippen molar-refractivity contribution >= 4 is 40.1 Å². The molecule has 0 aliphatic carbocycles. The van der Waals surface area contributed by atoms with Crippen molar-refractivity contribution in [1.82, 2.24) is 9.47 Å². The van der Waals surface area contributed by atoms with Gasteiger partial charge in [-0.15, -0.1) is 0 Å². The molecule has 3 rings (SSSR count). The van der Waals surface area contributed by atoms with Gasteiger partial charge in [0.25, 0.3) is 5.91 Å². The number of esters is 2. The zero-order chi connectivity index (χ0) is 20.1. The van der Waals surface area contributed by atoms with Crippen molar-refractivity contribution in [3.63, 3.8) is 0 Å². The van der Waals surface area contributed by atoms with Crippen LogP contribution in [-0.2, 0) is 32.2 Å². The largest absolute Gasteiger partial charge is 0.465 e. The van der Waals surface area contributed by atoms with Crippen molar-refractivity contribution < 1.29 is 23.9 Å². The van der Waals surface area contributed by atoms with Crippen molar-refractivity contribution in [3.05, 3.63) is 58.4 Å². The highest BCUT2D eigenvalue weighted by Crippen LogP contribution is 2.22. The van der Waals surface area contributed by atoms with Gasteiger partial charge in [-0.1, -0.05) is 18.2 Å². The van der Waals surface area contributed by atoms with Gasteiger partial charge in [0.2, 0.25) is 0 Å². The summed E-state index contributed by atoms with van der Waals surface area (Å²) < 4.78 is 11.5. The van der Waals surface area contributed by atoms with Crippen LogP contribution in [-0.4, -0.2) is 48.1 Å². The van der Waals surface area contributed by atoms with Gasteiger partial charge in [-0.3, -0.25) is 9.59 Å². The van der Waals surface area contributed by atoms with E-state index in [4.69, 9.17) is 9.47 Å². The van der Waals surface area contributed by atoms with E-state index < -0.39 is 11.9 Å². The van der Waals surface area contributed by atoms with Crippen LogP contribution < -0.4 is 0 Å². The standard InChI is InChI=1S/C20H20N2O5S/c1-21(9-14-7-8-28-13-14)18(23)12-27-19(24)11-22-10-16(20(25)26-2)15-5-3-4-6-17(15)22/h3-8,10,13H,9,11-12H2,1-2H3. The number of aromatic nitrogens is 1. The van der Waals surface area contributed by atoms with E-state index >= 15 is 0 Å². The molecule has 3 aromatic rings. The average Bonchev–Trinajstić information content (AvgIpc) is 3.34. The molecule has 0 unspecified atom stereocenters. The smallest absolute Gasteiger partial charge is 0.340 e. The van der Waals surface area contributed by atoms with Crippen LogP contribution >= 0.6 is 11.3 Å². The zero-order valence-electron chi connectivity index (χ0n) is 15.6. The number of para-hydroxylation sites is 1. The second-order valence-electron chi connectivity index (χ2n) is 6.22. The lowest BCUT2D eigenvalue weighted by atomic mass is 10.2. The van der Waals surface area contributed by atoms with E-state index in [-0.39, 0.29) is 19.1 Å². The van der Waals surface area contributed by atoms with Crippen LogP contribution in [0, 0.1) is 0 Å². The van der Waals surface area contributed by atoms with E-state index in [9.17, 15) is 14.4 Å². The highest BCUT2D eigenvalue weighted by molar-refractivity contribution is 7.07. The van der Waals surface area contributed by atoms with Crippen LogP contribution in [0.1, 0.15) is 15.9 Å². The van der Waals surface area contributed by atoms with Crippen LogP contribution in [0.2, 0.25) is 0 Å². The van der Waals surface area contributed by atoms with E-state index in [2.05, 4.69) is 0 Å². The van der Waals surface area contributed by atoms with Crippen LogP contribution in [0.3, 0.4) is 0 Å². The molecular formula is C20H20N2O5S. The summed E-state index contributed by atoms with van der Waals surface area (Å²) in [4.78, 5) is 37.8. The molecule has 0 saturated heterocycles. The number of benzene rings is 1. The molecule has 146 valence electrons. The molecule has 0 aliphatic rings. The fraction of sp³-hybridized carbons (Fsp3) is 0.250. The predicted octanol–water partition coefficient (Wildman–Crippen LogP) is 2.69. The quantitative estimate of drug-likeness (QED) is 0.570. The first-order chi connectivity index (χ1) is 13.5. The molecule has 28 heavy (non-hydrogen) atoms. The molecule has 0 saturated carbocycles. The Labute approximate surface area is 166 Å². The fourth-order valence-corrected chi connectivity index (χ4v) is 3.49. The molecule has 2 aromatic heterocycles. The number of thiophene rings is 1. The number of ether oxygens (including phenoxy) is 2. The van der Waals surface area contributed by atoms with Crippen LogP contribution in [0.4, 0.5) is 0 Å². The third-order valence-electron chi connectivity index (χ3n) is 4.28. The van der Waals surface area contributed by atoms with Gasteiger partial charge < -0.3 is 18.9 Å². The van der Waals surface area contributed by atoms with E-state index in [1.807, 2.05) is 22.9 Å². The molecule has 0 aliphatic heterocycles. The monoisotopic (exact) mass is 400 g/mol. The molecular weight excluding hydrogens is 380 g/mol. The van der Waals surface area contributed by atoms with Crippen molar-refractivity contribution in [1.29, 1.82) is 0 Å². The molecule has 7 nitrogen and oxygen atoms in total. The molecule has 1 amide bonds. The number of likely N-dealkylation sites (N-methyl/N-ethyl adjacent to an activating group) is 1. The second-order valence-corrected chi connectivity index (χ2v) is 7.00. The minimum atomic E-state index is -0.561. The third-order valence-corrected chi connectivity index (χ3v) is 5.01. The van der Waals surface area contributed by atoms with Gasteiger partial charge in [0.15, 0.2) is 6.61 Å². The topological polar surface area (TPSA) is 77.8 Å². The van der Waals surface area contributed by atoms with Gasteiger partial charge >= 0.3 is 11.9 Å². The molecule has 0 radical (unpaired) electrons. The van der Waals surface area contributed by atoms with Gasteiger partial charge in [-0.25, -0.2) is 4.79 Å². The van der Waals surface area contributed by atoms with Gasteiger partial charge in [-0.2, -0.15) is 11.3 Å². The van der Waals surface area contributed by atoms with Crippen molar-refractivity contribution in [2.24, 2.45) is 0 Å². The van der Waals surface area contributed by atoms with Crippen LogP contribution in [0.25, 0.3) is 10.9 Å². The molecule has 0 atom stereocenters. The van der Waals surface area contributed by atoms with Crippen molar-refractivity contribution in [2.45, 2.75) is 13.1 Å². The van der Waals surface area contributed by atoms with Crippen molar-refractivity contribution in [3.8, 4) is 0 Å². The van der Waals surface area contributed by atoms with Crippen LogP contribution in [0.5, 0.6) is 0 Å². The van der Waals surface area contributed by atoms with E-state index in [0.717, 1.165) is 5.56 Å². The number of fused-ring (bicyclic) bond motifs is 1. The fourth-order valence-electron chi connectivity index (χ4n) is 2.83.